The van der Waals surface area contributed by atoms with Crippen LogP contribution in [0.4, 0.5) is 8.78 Å². The third-order valence-corrected chi connectivity index (χ3v) is 3.78. The van der Waals surface area contributed by atoms with Gasteiger partial charge in [-0.1, -0.05) is 0 Å². The summed E-state index contributed by atoms with van der Waals surface area (Å²) in [6.45, 7) is 8.66. The lowest BCUT2D eigenvalue weighted by molar-refractivity contribution is 0.0724. The first-order valence-corrected chi connectivity index (χ1v) is 8.01. The van der Waals surface area contributed by atoms with Crippen LogP contribution in [0.5, 0.6) is 11.5 Å². The van der Waals surface area contributed by atoms with Crippen LogP contribution in [0.15, 0.2) is 18.2 Å². The second-order valence-corrected chi connectivity index (χ2v) is 6.86. The Hall–Kier alpha value is -1.40. The molecule has 130 valence electrons. The number of hydrogen-bond acceptors (Lipinski definition) is 4. The zero-order valence-corrected chi connectivity index (χ0v) is 14.0. The minimum absolute atomic E-state index is 0.0374. The topological polar surface area (TPSA) is 44.7 Å². The molecule has 1 aliphatic rings. The molecular weight excluding hydrogens is 302 g/mol. The molecule has 0 amide bonds. The van der Waals surface area contributed by atoms with E-state index in [1.165, 1.54) is 6.07 Å². The molecule has 1 aliphatic heterocycles. The first kappa shape index (κ1) is 17.9. The van der Waals surface area contributed by atoms with Gasteiger partial charge in [0.1, 0.15) is 17.1 Å². The molecule has 0 unspecified atom stereocenters. The van der Waals surface area contributed by atoms with Crippen LogP contribution < -0.4 is 10.1 Å². The molecule has 0 aliphatic carbocycles. The van der Waals surface area contributed by atoms with Crippen LogP contribution in [0.25, 0.3) is 0 Å². The molecule has 23 heavy (non-hydrogen) atoms. The van der Waals surface area contributed by atoms with Crippen molar-refractivity contribution < 1.29 is 18.6 Å². The van der Waals surface area contributed by atoms with E-state index in [9.17, 15) is 13.9 Å². The highest BCUT2D eigenvalue weighted by Crippen LogP contribution is 2.36. The van der Waals surface area contributed by atoms with E-state index in [0.717, 1.165) is 13.1 Å². The molecule has 1 aromatic rings. The zero-order valence-electron chi connectivity index (χ0n) is 14.0. The van der Waals surface area contributed by atoms with Gasteiger partial charge in [0.2, 0.25) is 6.43 Å². The number of aromatic hydroxyl groups is 1. The molecule has 0 aromatic heterocycles. The van der Waals surface area contributed by atoms with Crippen molar-refractivity contribution >= 4 is 0 Å². The lowest BCUT2D eigenvalue weighted by atomic mass is 9.99. The van der Waals surface area contributed by atoms with Crippen molar-refractivity contribution in [3.8, 4) is 11.5 Å². The molecule has 1 fully saturated rings. The molecule has 0 bridgehead atoms. The summed E-state index contributed by atoms with van der Waals surface area (Å²) in [5.41, 5.74) is 0.121. The van der Waals surface area contributed by atoms with Gasteiger partial charge in [0, 0.05) is 44.2 Å². The van der Waals surface area contributed by atoms with E-state index in [-0.39, 0.29) is 17.8 Å². The van der Waals surface area contributed by atoms with Gasteiger partial charge in [-0.25, -0.2) is 8.78 Å². The van der Waals surface area contributed by atoms with Crippen LogP contribution in [0.3, 0.4) is 0 Å². The Morgan fingerprint density at radius 2 is 1.91 bits per heavy atom. The number of halogens is 2. The normalized spacial score (nSPS) is 18.2. The molecule has 1 heterocycles. The van der Waals surface area contributed by atoms with E-state index in [2.05, 4.69) is 5.32 Å². The van der Waals surface area contributed by atoms with Crippen LogP contribution in [0.2, 0.25) is 0 Å². The van der Waals surface area contributed by atoms with Crippen molar-refractivity contribution in [2.75, 3.05) is 26.2 Å². The highest BCUT2D eigenvalue weighted by atomic mass is 19.3. The van der Waals surface area contributed by atoms with Crippen LogP contribution in [-0.4, -0.2) is 48.2 Å². The van der Waals surface area contributed by atoms with Crippen molar-refractivity contribution in [1.82, 2.24) is 10.2 Å². The fourth-order valence-electron chi connectivity index (χ4n) is 2.85. The average Bonchev–Trinajstić information content (AvgIpc) is 2.46. The number of nitrogens with zero attached hydrogens (tertiary/aromatic N) is 1. The molecule has 4 nitrogen and oxygen atoms in total. The number of phenolic OH excluding ortho intramolecular Hbond substituents is 1. The van der Waals surface area contributed by atoms with Crippen LogP contribution in [0.1, 0.15) is 38.8 Å². The highest BCUT2D eigenvalue weighted by Gasteiger charge is 2.28. The number of nitrogens with one attached hydrogen (secondary N) is 1. The second kappa shape index (κ2) is 7.45. The number of ether oxygens (including phenoxy) is 1. The largest absolute Gasteiger partial charge is 0.508 e. The number of phenols is 1. The molecule has 2 N–H and O–H groups in total. The van der Waals surface area contributed by atoms with E-state index in [0.29, 0.717) is 24.4 Å². The number of hydrogen-bond donors (Lipinski definition) is 2. The third-order valence-electron chi connectivity index (χ3n) is 3.78. The van der Waals surface area contributed by atoms with Crippen molar-refractivity contribution in [2.24, 2.45) is 0 Å². The van der Waals surface area contributed by atoms with Crippen LogP contribution in [-0.2, 0) is 0 Å². The molecular formula is C17H26F2N2O2. The van der Waals surface area contributed by atoms with Crippen LogP contribution in [0, 0.1) is 0 Å². The summed E-state index contributed by atoms with van der Waals surface area (Å²) in [5, 5.41) is 13.4. The molecule has 0 spiro atoms. The van der Waals surface area contributed by atoms with Gasteiger partial charge in [0.25, 0.3) is 0 Å². The minimum atomic E-state index is -2.43. The summed E-state index contributed by atoms with van der Waals surface area (Å²) in [6.07, 6.45) is -2.73. The maximum Gasteiger partial charge on any atom is 0.240 e. The van der Waals surface area contributed by atoms with E-state index < -0.39 is 12.5 Å². The fraction of sp³-hybridized carbons (Fsp3) is 0.647. The van der Waals surface area contributed by atoms with Crippen molar-refractivity contribution in [1.29, 1.82) is 0 Å². The van der Waals surface area contributed by atoms with Gasteiger partial charge in [-0.3, -0.25) is 4.90 Å². The standard InChI is InChI=1S/C17H26F2N2O2/c1-17(2,3)23-12-4-5-15(22)13(10-12)14(11-16(18)19)21-8-6-20-7-9-21/h4-5,10,14,16,20,22H,6-9,11H2,1-3H3/t14-/m0/s1. The smallest absolute Gasteiger partial charge is 0.240 e. The lowest BCUT2D eigenvalue weighted by Crippen LogP contribution is -2.45. The van der Waals surface area contributed by atoms with Crippen molar-refractivity contribution in [2.45, 2.75) is 45.3 Å². The Balaban J connectivity index is 2.30. The first-order valence-electron chi connectivity index (χ1n) is 8.01. The number of rotatable bonds is 5. The molecule has 6 heteroatoms. The van der Waals surface area contributed by atoms with Gasteiger partial charge < -0.3 is 15.2 Å². The Labute approximate surface area is 136 Å². The third kappa shape index (κ3) is 5.32. The predicted molar refractivity (Wildman–Crippen MR) is 86.3 cm³/mol. The summed E-state index contributed by atoms with van der Waals surface area (Å²) in [5.74, 6) is 0.621. The molecule has 1 saturated heterocycles. The quantitative estimate of drug-likeness (QED) is 0.871. The van der Waals surface area contributed by atoms with Gasteiger partial charge in [-0.2, -0.15) is 0 Å². The molecule has 1 aromatic carbocycles. The Morgan fingerprint density at radius 1 is 1.26 bits per heavy atom. The monoisotopic (exact) mass is 328 g/mol. The Bertz CT molecular complexity index is 512. The van der Waals surface area contributed by atoms with E-state index in [1.54, 1.807) is 12.1 Å². The summed E-state index contributed by atoms with van der Waals surface area (Å²) in [6, 6.07) is 4.37. The predicted octanol–water partition coefficient (Wildman–Crippen LogP) is 3.17. The minimum Gasteiger partial charge on any atom is -0.508 e. The summed E-state index contributed by atoms with van der Waals surface area (Å²) >= 11 is 0. The van der Waals surface area contributed by atoms with E-state index in [1.807, 2.05) is 25.7 Å². The van der Waals surface area contributed by atoms with E-state index in [4.69, 9.17) is 4.74 Å². The van der Waals surface area contributed by atoms with Gasteiger partial charge in [-0.05, 0) is 39.0 Å². The van der Waals surface area contributed by atoms with Gasteiger partial charge in [0.05, 0.1) is 0 Å². The maximum atomic E-state index is 13.1. The van der Waals surface area contributed by atoms with Crippen molar-refractivity contribution in [3.63, 3.8) is 0 Å². The number of benzene rings is 1. The Morgan fingerprint density at radius 3 is 2.48 bits per heavy atom. The average molecular weight is 328 g/mol. The molecule has 1 atom stereocenters. The summed E-state index contributed by atoms with van der Waals surface area (Å²) in [7, 11) is 0. The molecule has 0 saturated carbocycles. The zero-order chi connectivity index (χ0) is 17.0. The molecule has 0 radical (unpaired) electrons. The molecule has 2 rings (SSSR count). The Kier molecular flexibility index (Phi) is 5.81. The highest BCUT2D eigenvalue weighted by molar-refractivity contribution is 5.41. The SMILES string of the molecule is CC(C)(C)Oc1ccc(O)c([C@H](CC(F)F)N2CCNCC2)c1. The first-order chi connectivity index (χ1) is 10.8. The number of alkyl halides is 2. The van der Waals surface area contributed by atoms with Crippen LogP contribution >= 0.6 is 0 Å². The fourth-order valence-corrected chi connectivity index (χ4v) is 2.85. The van der Waals surface area contributed by atoms with Gasteiger partial charge >= 0.3 is 0 Å². The summed E-state index contributed by atoms with van der Waals surface area (Å²) in [4.78, 5) is 2.00. The maximum absolute atomic E-state index is 13.1. The summed E-state index contributed by atoms with van der Waals surface area (Å²) < 4.78 is 32.0. The van der Waals surface area contributed by atoms with Gasteiger partial charge in [0.15, 0.2) is 0 Å². The van der Waals surface area contributed by atoms with Crippen molar-refractivity contribution in [3.05, 3.63) is 23.8 Å². The second-order valence-electron chi connectivity index (χ2n) is 6.86. The number of piperazine rings is 1. The lowest BCUT2D eigenvalue weighted by Gasteiger charge is -2.35. The van der Waals surface area contributed by atoms with Gasteiger partial charge in [-0.15, -0.1) is 0 Å². The van der Waals surface area contributed by atoms with E-state index >= 15 is 0 Å².